The first-order valence-electron chi connectivity index (χ1n) is 7.68. The molecule has 8 heteroatoms. The van der Waals surface area contributed by atoms with Gasteiger partial charge in [-0.3, -0.25) is 9.59 Å². The molecule has 1 aromatic carbocycles. The molecule has 1 atom stereocenters. The van der Waals surface area contributed by atoms with Gasteiger partial charge in [0, 0.05) is 13.1 Å². The minimum Gasteiger partial charge on any atom is -0.480 e. The van der Waals surface area contributed by atoms with Crippen LogP contribution >= 0.6 is 0 Å². The van der Waals surface area contributed by atoms with Gasteiger partial charge >= 0.3 is 5.97 Å². The smallest absolute Gasteiger partial charge is 0.325 e. The van der Waals surface area contributed by atoms with E-state index < -0.39 is 5.97 Å². The zero-order valence-corrected chi connectivity index (χ0v) is 13.0. The number of carbonyl (C=O) groups is 2. The number of hydrogen-bond acceptors (Lipinski definition) is 5. The molecule has 0 radical (unpaired) electrons. The number of aliphatic carboxylic acids is 1. The number of amides is 1. The summed E-state index contributed by atoms with van der Waals surface area (Å²) in [6, 6.07) is 9.88. The second-order valence-electron chi connectivity index (χ2n) is 5.65. The van der Waals surface area contributed by atoms with Gasteiger partial charge in [-0.1, -0.05) is 35.5 Å². The molecule has 2 heterocycles. The van der Waals surface area contributed by atoms with Gasteiger partial charge in [-0.05, 0) is 12.0 Å². The van der Waals surface area contributed by atoms with Crippen LogP contribution in [0.3, 0.4) is 0 Å². The summed E-state index contributed by atoms with van der Waals surface area (Å²) < 4.78 is 6.98. The second kappa shape index (κ2) is 7.22. The van der Waals surface area contributed by atoms with E-state index in [1.54, 1.807) is 4.90 Å². The molecule has 1 unspecified atom stereocenters. The van der Waals surface area contributed by atoms with Crippen LogP contribution in [0.4, 0.5) is 0 Å². The first-order chi connectivity index (χ1) is 11.6. The Morgan fingerprint density at radius 1 is 1.29 bits per heavy atom. The summed E-state index contributed by atoms with van der Waals surface area (Å²) in [5, 5.41) is 16.1. The van der Waals surface area contributed by atoms with Crippen LogP contribution in [-0.2, 0) is 22.7 Å². The molecule has 1 fully saturated rings. The van der Waals surface area contributed by atoms with E-state index in [0.717, 1.165) is 16.7 Å². The van der Waals surface area contributed by atoms with Crippen LogP contribution in [0.5, 0.6) is 0 Å². The molecule has 1 aromatic heterocycles. The molecule has 1 amide bonds. The van der Waals surface area contributed by atoms with Crippen molar-refractivity contribution in [2.45, 2.75) is 25.7 Å². The topological polar surface area (TPSA) is 97.5 Å². The van der Waals surface area contributed by atoms with Gasteiger partial charge in [0.05, 0.1) is 18.9 Å². The highest BCUT2D eigenvalue weighted by molar-refractivity contribution is 5.92. The third-order valence-electron chi connectivity index (χ3n) is 3.82. The summed E-state index contributed by atoms with van der Waals surface area (Å²) in [6.45, 7) is 1.28. The standard InChI is InChI=1S/C16H18N4O4/c21-15(22)10-20-9-14(17-18-20)16(23)19-7-6-13(8-19)24-11-12-4-2-1-3-5-12/h1-5,9,13H,6-8,10-11H2,(H,21,22). The summed E-state index contributed by atoms with van der Waals surface area (Å²) in [4.78, 5) is 24.7. The van der Waals surface area contributed by atoms with Gasteiger partial charge in [-0.25, -0.2) is 4.68 Å². The average Bonchev–Trinajstić information content (AvgIpc) is 3.22. The molecule has 8 nitrogen and oxygen atoms in total. The maximum absolute atomic E-state index is 12.4. The normalized spacial score (nSPS) is 17.2. The number of carboxylic acid groups (broad SMARTS) is 1. The molecule has 1 aliphatic heterocycles. The van der Waals surface area contributed by atoms with Gasteiger partial charge in [0.1, 0.15) is 6.54 Å². The van der Waals surface area contributed by atoms with Crippen LogP contribution in [0.1, 0.15) is 22.5 Å². The third-order valence-corrected chi connectivity index (χ3v) is 3.82. The lowest BCUT2D eigenvalue weighted by atomic mass is 10.2. The Balaban J connectivity index is 1.52. The van der Waals surface area contributed by atoms with E-state index in [0.29, 0.717) is 19.7 Å². The van der Waals surface area contributed by atoms with Crippen LogP contribution < -0.4 is 0 Å². The van der Waals surface area contributed by atoms with Crippen LogP contribution in [0.25, 0.3) is 0 Å². The van der Waals surface area contributed by atoms with Crippen molar-refractivity contribution in [2.75, 3.05) is 13.1 Å². The zero-order valence-electron chi connectivity index (χ0n) is 13.0. The maximum atomic E-state index is 12.4. The van der Waals surface area contributed by atoms with E-state index in [1.807, 2.05) is 30.3 Å². The lowest BCUT2D eigenvalue weighted by Crippen LogP contribution is -2.30. The fourth-order valence-corrected chi connectivity index (χ4v) is 2.61. The lowest BCUT2D eigenvalue weighted by molar-refractivity contribution is -0.137. The Labute approximate surface area is 138 Å². The molecule has 24 heavy (non-hydrogen) atoms. The second-order valence-corrected chi connectivity index (χ2v) is 5.65. The van der Waals surface area contributed by atoms with E-state index in [4.69, 9.17) is 9.84 Å². The highest BCUT2D eigenvalue weighted by Crippen LogP contribution is 2.16. The van der Waals surface area contributed by atoms with Crippen molar-refractivity contribution in [1.29, 1.82) is 0 Å². The Hall–Kier alpha value is -2.74. The van der Waals surface area contributed by atoms with Crippen molar-refractivity contribution in [3.63, 3.8) is 0 Å². The molecular formula is C16H18N4O4. The lowest BCUT2D eigenvalue weighted by Gasteiger charge is -2.15. The molecule has 0 aliphatic carbocycles. The van der Waals surface area contributed by atoms with E-state index in [1.165, 1.54) is 6.20 Å². The molecule has 0 spiro atoms. The molecule has 1 N–H and O–H groups in total. The monoisotopic (exact) mass is 330 g/mol. The molecule has 0 bridgehead atoms. The predicted octanol–water partition coefficient (Wildman–Crippen LogP) is 0.794. The fourth-order valence-electron chi connectivity index (χ4n) is 2.61. The molecule has 2 aromatic rings. The molecule has 1 saturated heterocycles. The average molecular weight is 330 g/mol. The number of likely N-dealkylation sites (tertiary alicyclic amines) is 1. The summed E-state index contributed by atoms with van der Waals surface area (Å²) in [6.07, 6.45) is 2.11. The first kappa shape index (κ1) is 16.1. The largest absolute Gasteiger partial charge is 0.480 e. The summed E-state index contributed by atoms with van der Waals surface area (Å²) in [5.74, 6) is -1.29. The van der Waals surface area contributed by atoms with E-state index in [2.05, 4.69) is 10.3 Å². The van der Waals surface area contributed by atoms with Crippen molar-refractivity contribution in [1.82, 2.24) is 19.9 Å². The van der Waals surface area contributed by atoms with Gasteiger partial charge < -0.3 is 14.7 Å². The molecular weight excluding hydrogens is 312 g/mol. The number of ether oxygens (including phenoxy) is 1. The Morgan fingerprint density at radius 2 is 2.08 bits per heavy atom. The number of carbonyl (C=O) groups excluding carboxylic acids is 1. The SMILES string of the molecule is O=C(O)Cn1cc(C(=O)N2CCC(OCc3ccccc3)C2)nn1. The van der Waals surface area contributed by atoms with E-state index in [9.17, 15) is 9.59 Å². The van der Waals surface area contributed by atoms with E-state index >= 15 is 0 Å². The predicted molar refractivity (Wildman–Crippen MR) is 83.2 cm³/mol. The fraction of sp³-hybridized carbons (Fsp3) is 0.375. The van der Waals surface area contributed by atoms with Crippen LogP contribution in [0, 0.1) is 0 Å². The summed E-state index contributed by atoms with van der Waals surface area (Å²) >= 11 is 0. The zero-order chi connectivity index (χ0) is 16.9. The van der Waals surface area contributed by atoms with Crippen LogP contribution in [0.15, 0.2) is 36.5 Å². The Kier molecular flexibility index (Phi) is 4.85. The number of benzene rings is 1. The maximum Gasteiger partial charge on any atom is 0.325 e. The van der Waals surface area contributed by atoms with Gasteiger partial charge in [0.2, 0.25) is 0 Å². The molecule has 1 aliphatic rings. The quantitative estimate of drug-likeness (QED) is 0.841. The minimum absolute atomic E-state index is 0.0109. The Bertz CT molecular complexity index is 716. The summed E-state index contributed by atoms with van der Waals surface area (Å²) in [7, 11) is 0. The van der Waals surface area contributed by atoms with Gasteiger partial charge in [0.25, 0.3) is 5.91 Å². The van der Waals surface area contributed by atoms with Crippen molar-refractivity contribution in [2.24, 2.45) is 0 Å². The molecule has 3 rings (SSSR count). The highest BCUT2D eigenvalue weighted by atomic mass is 16.5. The molecule has 0 saturated carbocycles. The summed E-state index contributed by atoms with van der Waals surface area (Å²) in [5.41, 5.74) is 1.25. The van der Waals surface area contributed by atoms with Crippen molar-refractivity contribution < 1.29 is 19.4 Å². The number of rotatable bonds is 6. The van der Waals surface area contributed by atoms with Crippen molar-refractivity contribution >= 4 is 11.9 Å². The van der Waals surface area contributed by atoms with Gasteiger partial charge in [-0.2, -0.15) is 0 Å². The first-order valence-corrected chi connectivity index (χ1v) is 7.68. The number of nitrogens with zero attached hydrogens (tertiary/aromatic N) is 4. The third kappa shape index (κ3) is 3.96. The van der Waals surface area contributed by atoms with Gasteiger partial charge in [0.15, 0.2) is 5.69 Å². The minimum atomic E-state index is -1.03. The van der Waals surface area contributed by atoms with Crippen LogP contribution in [0.2, 0.25) is 0 Å². The van der Waals surface area contributed by atoms with E-state index in [-0.39, 0.29) is 24.2 Å². The van der Waals surface area contributed by atoms with Gasteiger partial charge in [-0.15, -0.1) is 5.10 Å². The van der Waals surface area contributed by atoms with Crippen molar-refractivity contribution in [3.8, 4) is 0 Å². The van der Waals surface area contributed by atoms with Crippen LogP contribution in [-0.4, -0.2) is 56.1 Å². The number of aromatic nitrogens is 3. The highest BCUT2D eigenvalue weighted by Gasteiger charge is 2.29. The number of hydrogen-bond donors (Lipinski definition) is 1. The number of carboxylic acids is 1. The molecule has 126 valence electrons. The van der Waals surface area contributed by atoms with Crippen molar-refractivity contribution in [3.05, 3.63) is 47.8 Å². The Morgan fingerprint density at radius 3 is 2.83 bits per heavy atom.